The molecule has 0 aliphatic carbocycles. The molecule has 0 radical (unpaired) electrons. The fourth-order valence-corrected chi connectivity index (χ4v) is 2.89. The third kappa shape index (κ3) is 4.05. The van der Waals surface area contributed by atoms with Crippen LogP contribution in [0.4, 0.5) is 13.2 Å². The van der Waals surface area contributed by atoms with Gasteiger partial charge in [-0.1, -0.05) is 37.3 Å². The van der Waals surface area contributed by atoms with Gasteiger partial charge in [0.05, 0.1) is 10.9 Å². The number of benzene rings is 2. The summed E-state index contributed by atoms with van der Waals surface area (Å²) in [4.78, 5) is 25.1. The molecule has 1 aromatic heterocycles. The average Bonchev–Trinajstić information content (AvgIpc) is 2.68. The van der Waals surface area contributed by atoms with Crippen LogP contribution in [0.25, 0.3) is 10.8 Å². The number of aryl methyl sites for hydroxylation is 1. The fraction of sp³-hybridized carbons (Fsp3) is 0.250. The Morgan fingerprint density at radius 3 is 2.50 bits per heavy atom. The molecule has 2 aromatic carbocycles. The van der Waals surface area contributed by atoms with Gasteiger partial charge in [-0.2, -0.15) is 18.3 Å². The van der Waals surface area contributed by atoms with E-state index in [4.69, 9.17) is 0 Å². The van der Waals surface area contributed by atoms with Crippen LogP contribution in [-0.4, -0.2) is 15.7 Å². The molecule has 0 saturated heterocycles. The van der Waals surface area contributed by atoms with Crippen LogP contribution in [0.1, 0.15) is 35.0 Å². The van der Waals surface area contributed by atoms with Crippen molar-refractivity contribution in [2.45, 2.75) is 32.6 Å². The van der Waals surface area contributed by atoms with Gasteiger partial charge in [-0.3, -0.25) is 9.59 Å². The summed E-state index contributed by atoms with van der Waals surface area (Å²) in [6, 6.07) is 11.4. The van der Waals surface area contributed by atoms with Crippen molar-refractivity contribution in [2.24, 2.45) is 0 Å². The van der Waals surface area contributed by atoms with Crippen molar-refractivity contribution in [3.63, 3.8) is 0 Å². The lowest BCUT2D eigenvalue weighted by Gasteiger charge is -2.12. The summed E-state index contributed by atoms with van der Waals surface area (Å²) >= 11 is 0. The Balaban J connectivity index is 1.90. The molecule has 146 valence electrons. The second-order valence-electron chi connectivity index (χ2n) is 6.30. The minimum Gasteiger partial charge on any atom is -0.347 e. The number of nitrogens with one attached hydrogen (secondary N) is 1. The van der Waals surface area contributed by atoms with E-state index in [2.05, 4.69) is 10.4 Å². The fourth-order valence-electron chi connectivity index (χ4n) is 2.89. The first-order valence-corrected chi connectivity index (χ1v) is 8.75. The summed E-state index contributed by atoms with van der Waals surface area (Å²) in [6.07, 6.45) is -3.79. The van der Waals surface area contributed by atoms with E-state index in [0.717, 1.165) is 12.1 Å². The van der Waals surface area contributed by atoms with Gasteiger partial charge >= 0.3 is 6.18 Å². The van der Waals surface area contributed by atoms with Crippen molar-refractivity contribution in [1.82, 2.24) is 15.1 Å². The second kappa shape index (κ2) is 7.84. The molecular formula is C20H18F3N3O2. The molecular weight excluding hydrogens is 371 g/mol. The Bertz CT molecular complexity index is 1070. The van der Waals surface area contributed by atoms with Crippen LogP contribution in [-0.2, 0) is 19.3 Å². The first kappa shape index (κ1) is 19.6. The van der Waals surface area contributed by atoms with E-state index in [1.807, 2.05) is 6.92 Å². The maximum absolute atomic E-state index is 12.8. The van der Waals surface area contributed by atoms with Crippen molar-refractivity contribution in [3.05, 3.63) is 75.7 Å². The molecule has 5 nitrogen and oxygen atoms in total. The molecule has 1 heterocycles. The van der Waals surface area contributed by atoms with E-state index >= 15 is 0 Å². The highest BCUT2D eigenvalue weighted by atomic mass is 19.4. The van der Waals surface area contributed by atoms with E-state index in [-0.39, 0.29) is 17.8 Å². The van der Waals surface area contributed by atoms with Crippen molar-refractivity contribution < 1.29 is 18.0 Å². The SMILES string of the molecule is CCCn1nc(C(=O)NCc2cccc(C(F)(F)F)c2)c2ccccc2c1=O. The highest BCUT2D eigenvalue weighted by Gasteiger charge is 2.30. The molecule has 0 aliphatic rings. The predicted molar refractivity (Wildman–Crippen MR) is 98.9 cm³/mol. The van der Waals surface area contributed by atoms with E-state index in [1.165, 1.54) is 16.8 Å². The van der Waals surface area contributed by atoms with Crippen LogP contribution < -0.4 is 10.9 Å². The molecule has 1 amide bonds. The minimum absolute atomic E-state index is 0.0654. The van der Waals surface area contributed by atoms with Gasteiger partial charge in [0.2, 0.25) is 0 Å². The van der Waals surface area contributed by atoms with Crippen molar-refractivity contribution >= 4 is 16.7 Å². The summed E-state index contributed by atoms with van der Waals surface area (Å²) in [5.41, 5.74) is -0.684. The molecule has 3 aromatic rings. The maximum atomic E-state index is 12.8. The Kier molecular flexibility index (Phi) is 5.48. The van der Waals surface area contributed by atoms with Crippen molar-refractivity contribution in [3.8, 4) is 0 Å². The number of amides is 1. The zero-order chi connectivity index (χ0) is 20.3. The molecule has 3 rings (SSSR count). The number of hydrogen-bond donors (Lipinski definition) is 1. The highest BCUT2D eigenvalue weighted by Crippen LogP contribution is 2.29. The normalized spacial score (nSPS) is 11.6. The van der Waals surface area contributed by atoms with Gasteiger partial charge in [-0.15, -0.1) is 0 Å². The van der Waals surface area contributed by atoms with Gasteiger partial charge in [0.15, 0.2) is 5.69 Å². The van der Waals surface area contributed by atoms with Gasteiger partial charge in [0.25, 0.3) is 11.5 Å². The summed E-state index contributed by atoms with van der Waals surface area (Å²) in [6.45, 7) is 2.15. The topological polar surface area (TPSA) is 64.0 Å². The smallest absolute Gasteiger partial charge is 0.347 e. The lowest BCUT2D eigenvalue weighted by molar-refractivity contribution is -0.137. The van der Waals surface area contributed by atoms with Gasteiger partial charge in [0.1, 0.15) is 0 Å². The molecule has 0 spiro atoms. The zero-order valence-electron chi connectivity index (χ0n) is 15.1. The molecule has 1 N–H and O–H groups in total. The molecule has 8 heteroatoms. The van der Waals surface area contributed by atoms with Gasteiger partial charge in [-0.05, 0) is 30.2 Å². The van der Waals surface area contributed by atoms with Crippen LogP contribution in [0.5, 0.6) is 0 Å². The number of carbonyl (C=O) groups is 1. The summed E-state index contributed by atoms with van der Waals surface area (Å²) < 4.78 is 39.7. The maximum Gasteiger partial charge on any atom is 0.416 e. The number of fused-ring (bicyclic) bond motifs is 1. The Labute approximate surface area is 158 Å². The average molecular weight is 389 g/mol. The quantitative estimate of drug-likeness (QED) is 0.723. The van der Waals surface area contributed by atoms with E-state index in [0.29, 0.717) is 29.3 Å². The molecule has 0 aliphatic heterocycles. The third-order valence-corrected chi connectivity index (χ3v) is 4.23. The zero-order valence-corrected chi connectivity index (χ0v) is 15.1. The largest absolute Gasteiger partial charge is 0.416 e. The third-order valence-electron chi connectivity index (χ3n) is 4.23. The van der Waals surface area contributed by atoms with E-state index in [1.54, 1.807) is 24.3 Å². The van der Waals surface area contributed by atoms with Crippen molar-refractivity contribution in [2.75, 3.05) is 0 Å². The van der Waals surface area contributed by atoms with Crippen molar-refractivity contribution in [1.29, 1.82) is 0 Å². The first-order valence-electron chi connectivity index (χ1n) is 8.75. The van der Waals surface area contributed by atoms with Crippen LogP contribution in [0.15, 0.2) is 53.3 Å². The van der Waals surface area contributed by atoms with Crippen LogP contribution in [0.2, 0.25) is 0 Å². The van der Waals surface area contributed by atoms with Gasteiger partial charge in [-0.25, -0.2) is 4.68 Å². The second-order valence-corrected chi connectivity index (χ2v) is 6.30. The molecule has 0 bridgehead atoms. The molecule has 0 atom stereocenters. The van der Waals surface area contributed by atoms with Crippen LogP contribution in [0.3, 0.4) is 0 Å². The van der Waals surface area contributed by atoms with Gasteiger partial charge in [0, 0.05) is 18.5 Å². The summed E-state index contributed by atoms with van der Waals surface area (Å²) in [7, 11) is 0. The molecule has 0 saturated carbocycles. The van der Waals surface area contributed by atoms with Crippen LogP contribution >= 0.6 is 0 Å². The standard InChI is InChI=1S/C20H18F3N3O2/c1-2-10-26-19(28)16-9-4-3-8-15(16)17(25-26)18(27)24-12-13-6-5-7-14(11-13)20(21,22)23/h3-9,11H,2,10,12H2,1H3,(H,24,27). The number of carbonyl (C=O) groups excluding carboxylic acids is 1. The molecule has 28 heavy (non-hydrogen) atoms. The summed E-state index contributed by atoms with van der Waals surface area (Å²) in [5, 5.41) is 7.54. The summed E-state index contributed by atoms with van der Waals surface area (Å²) in [5.74, 6) is -0.557. The minimum atomic E-state index is -4.45. The van der Waals surface area contributed by atoms with E-state index in [9.17, 15) is 22.8 Å². The molecule has 0 unspecified atom stereocenters. The number of aromatic nitrogens is 2. The lowest BCUT2D eigenvalue weighted by atomic mass is 10.1. The van der Waals surface area contributed by atoms with E-state index < -0.39 is 17.6 Å². The van der Waals surface area contributed by atoms with Gasteiger partial charge < -0.3 is 5.32 Å². The highest BCUT2D eigenvalue weighted by molar-refractivity contribution is 6.04. The lowest BCUT2D eigenvalue weighted by Crippen LogP contribution is -2.30. The Morgan fingerprint density at radius 1 is 1.11 bits per heavy atom. The number of nitrogens with zero attached hydrogens (tertiary/aromatic N) is 2. The molecule has 0 fully saturated rings. The Morgan fingerprint density at radius 2 is 1.82 bits per heavy atom. The first-order chi connectivity index (χ1) is 13.3. The Hall–Kier alpha value is -3.16. The number of alkyl halides is 3. The number of rotatable bonds is 5. The number of halogens is 3. The predicted octanol–water partition coefficient (Wildman–Crippen LogP) is 3.76. The monoisotopic (exact) mass is 389 g/mol. The number of hydrogen-bond acceptors (Lipinski definition) is 3. The van der Waals surface area contributed by atoms with Crippen LogP contribution in [0, 0.1) is 0 Å².